The van der Waals surface area contributed by atoms with Gasteiger partial charge in [-0.1, -0.05) is 13.8 Å². The van der Waals surface area contributed by atoms with Crippen molar-refractivity contribution in [2.24, 2.45) is 0 Å². The third kappa shape index (κ3) is 3.73. The van der Waals surface area contributed by atoms with Gasteiger partial charge >= 0.3 is 11.7 Å². The number of aliphatic carboxylic acids is 1. The summed E-state index contributed by atoms with van der Waals surface area (Å²) in [5.41, 5.74) is -0.0650. The zero-order valence-corrected chi connectivity index (χ0v) is 18.4. The molecule has 31 heavy (non-hydrogen) atoms. The standard InChI is InChI=1S/C22H32N4O5/c1-3-12-25-17-16(18(29)26(13-4-2)20(25)30)23-19(24-17)21-6-9-22(10-7-21,11-8-21)31-14-5-15(27)28/h3-14H2,1-2H3,(H,23,24)(H,27,28). The van der Waals surface area contributed by atoms with Crippen molar-refractivity contribution in [3.63, 3.8) is 0 Å². The highest BCUT2D eigenvalue weighted by Gasteiger charge is 2.51. The summed E-state index contributed by atoms with van der Waals surface area (Å²) in [6, 6.07) is 0. The summed E-state index contributed by atoms with van der Waals surface area (Å²) in [6.07, 6.45) is 6.70. The SMILES string of the molecule is CCCn1c(=O)c2[nH]c(C34CCC(OCCC(=O)O)(CC3)CC4)nc2n(CCC)c1=O. The van der Waals surface area contributed by atoms with Crippen LogP contribution in [-0.2, 0) is 28.0 Å². The van der Waals surface area contributed by atoms with Gasteiger partial charge in [-0.2, -0.15) is 0 Å². The zero-order valence-electron chi connectivity index (χ0n) is 18.4. The number of nitrogens with one attached hydrogen (secondary N) is 1. The topological polar surface area (TPSA) is 119 Å². The van der Waals surface area contributed by atoms with Crippen molar-refractivity contribution in [3.05, 3.63) is 26.7 Å². The lowest BCUT2D eigenvalue weighted by molar-refractivity contribution is -0.145. The molecule has 0 aliphatic heterocycles. The van der Waals surface area contributed by atoms with E-state index in [9.17, 15) is 14.4 Å². The fourth-order valence-corrected chi connectivity index (χ4v) is 5.34. The molecule has 2 bridgehead atoms. The van der Waals surface area contributed by atoms with Crippen molar-refractivity contribution in [2.45, 2.75) is 95.7 Å². The molecule has 3 aliphatic rings. The summed E-state index contributed by atoms with van der Waals surface area (Å²) in [4.78, 5) is 44.9. The van der Waals surface area contributed by atoms with Crippen LogP contribution in [0.4, 0.5) is 0 Å². The van der Waals surface area contributed by atoms with E-state index in [0.717, 1.165) is 50.8 Å². The minimum Gasteiger partial charge on any atom is -0.481 e. The Kier molecular flexibility index (Phi) is 5.81. The van der Waals surface area contributed by atoms with Crippen LogP contribution in [0.25, 0.3) is 11.2 Å². The number of carbonyl (C=O) groups is 1. The molecule has 5 rings (SSSR count). The van der Waals surface area contributed by atoms with E-state index in [1.165, 1.54) is 4.57 Å². The maximum atomic E-state index is 13.0. The average Bonchev–Trinajstić information content (AvgIpc) is 3.21. The normalized spacial score (nSPS) is 25.4. The second-order valence-electron chi connectivity index (χ2n) is 9.13. The van der Waals surface area contributed by atoms with Gasteiger partial charge in [0.05, 0.1) is 18.6 Å². The number of fused-ring (bicyclic) bond motifs is 4. The number of ether oxygens (including phenoxy) is 1. The van der Waals surface area contributed by atoms with E-state index in [2.05, 4.69) is 4.98 Å². The fraction of sp³-hybridized carbons (Fsp3) is 0.727. The number of carboxylic acids is 1. The van der Waals surface area contributed by atoms with Crippen molar-refractivity contribution >= 4 is 17.1 Å². The maximum Gasteiger partial charge on any atom is 0.332 e. The van der Waals surface area contributed by atoms with E-state index in [0.29, 0.717) is 30.7 Å². The number of hydrogen-bond acceptors (Lipinski definition) is 5. The Balaban J connectivity index is 1.66. The summed E-state index contributed by atoms with van der Waals surface area (Å²) >= 11 is 0. The fourth-order valence-electron chi connectivity index (χ4n) is 5.34. The van der Waals surface area contributed by atoms with Crippen LogP contribution in [0.15, 0.2) is 9.59 Å². The predicted octanol–water partition coefficient (Wildman–Crippen LogP) is 2.54. The quantitative estimate of drug-likeness (QED) is 0.628. The maximum absolute atomic E-state index is 13.0. The van der Waals surface area contributed by atoms with Gasteiger partial charge < -0.3 is 14.8 Å². The molecular formula is C22H32N4O5. The molecule has 0 spiro atoms. The number of aryl methyl sites for hydroxylation is 1. The molecule has 9 nitrogen and oxygen atoms in total. The number of aromatic amines is 1. The number of imidazole rings is 1. The first kappa shape index (κ1) is 21.8. The van der Waals surface area contributed by atoms with Crippen LogP contribution in [-0.4, -0.2) is 42.4 Å². The molecule has 0 atom stereocenters. The van der Waals surface area contributed by atoms with Crippen molar-refractivity contribution in [1.82, 2.24) is 19.1 Å². The third-order valence-corrected chi connectivity index (χ3v) is 7.16. The molecule has 3 fully saturated rings. The Morgan fingerprint density at radius 2 is 1.68 bits per heavy atom. The third-order valence-electron chi connectivity index (χ3n) is 7.16. The molecule has 0 radical (unpaired) electrons. The smallest absolute Gasteiger partial charge is 0.332 e. The Morgan fingerprint density at radius 3 is 2.26 bits per heavy atom. The van der Waals surface area contributed by atoms with E-state index >= 15 is 0 Å². The van der Waals surface area contributed by atoms with Gasteiger partial charge in [0.25, 0.3) is 5.56 Å². The predicted molar refractivity (Wildman–Crippen MR) is 116 cm³/mol. The molecule has 2 aromatic rings. The van der Waals surface area contributed by atoms with E-state index in [-0.39, 0.29) is 35.3 Å². The lowest BCUT2D eigenvalue weighted by atomic mass is 9.58. The van der Waals surface area contributed by atoms with Gasteiger partial charge in [-0.25, -0.2) is 9.78 Å². The van der Waals surface area contributed by atoms with Crippen LogP contribution < -0.4 is 11.2 Å². The summed E-state index contributed by atoms with van der Waals surface area (Å²) in [7, 11) is 0. The first-order valence-corrected chi connectivity index (χ1v) is 11.4. The lowest BCUT2D eigenvalue weighted by Crippen LogP contribution is -2.50. The highest BCUT2D eigenvalue weighted by Crippen LogP contribution is 2.54. The van der Waals surface area contributed by atoms with Crippen LogP contribution in [0.2, 0.25) is 0 Å². The summed E-state index contributed by atoms with van der Waals surface area (Å²) in [5, 5.41) is 8.88. The van der Waals surface area contributed by atoms with E-state index in [1.54, 1.807) is 4.57 Å². The number of rotatable bonds is 9. The minimum atomic E-state index is -0.841. The van der Waals surface area contributed by atoms with Crippen molar-refractivity contribution in [1.29, 1.82) is 0 Å². The average molecular weight is 433 g/mol. The monoisotopic (exact) mass is 432 g/mol. The highest BCUT2D eigenvalue weighted by atomic mass is 16.5. The van der Waals surface area contributed by atoms with Gasteiger partial charge in [0.15, 0.2) is 5.65 Å². The molecule has 3 aliphatic carbocycles. The second kappa shape index (κ2) is 8.26. The second-order valence-corrected chi connectivity index (χ2v) is 9.13. The first-order valence-electron chi connectivity index (χ1n) is 11.4. The summed E-state index contributed by atoms with van der Waals surface area (Å²) in [6.45, 7) is 5.12. The lowest BCUT2D eigenvalue weighted by Gasteiger charge is -2.52. The van der Waals surface area contributed by atoms with Crippen LogP contribution in [0.1, 0.15) is 77.5 Å². The van der Waals surface area contributed by atoms with E-state index in [4.69, 9.17) is 14.8 Å². The van der Waals surface area contributed by atoms with Crippen molar-refractivity contribution in [2.75, 3.05) is 6.61 Å². The molecule has 0 aromatic carbocycles. The van der Waals surface area contributed by atoms with Gasteiger partial charge in [0.2, 0.25) is 0 Å². The number of hydrogen-bond donors (Lipinski definition) is 2. The summed E-state index contributed by atoms with van der Waals surface area (Å²) in [5.74, 6) is -0.0385. The molecule has 0 saturated heterocycles. The van der Waals surface area contributed by atoms with E-state index in [1.807, 2.05) is 13.8 Å². The van der Waals surface area contributed by atoms with Gasteiger partial charge in [0, 0.05) is 18.5 Å². The van der Waals surface area contributed by atoms with Gasteiger partial charge in [0.1, 0.15) is 11.3 Å². The molecule has 2 heterocycles. The van der Waals surface area contributed by atoms with E-state index < -0.39 is 5.97 Å². The van der Waals surface area contributed by atoms with Crippen LogP contribution >= 0.6 is 0 Å². The largest absolute Gasteiger partial charge is 0.481 e. The number of carboxylic acid groups (broad SMARTS) is 1. The minimum absolute atomic E-state index is 0.0233. The van der Waals surface area contributed by atoms with Crippen LogP contribution in [0, 0.1) is 0 Å². The van der Waals surface area contributed by atoms with Gasteiger partial charge in [-0.05, 0) is 51.4 Å². The summed E-state index contributed by atoms with van der Waals surface area (Å²) < 4.78 is 8.98. The van der Waals surface area contributed by atoms with Crippen molar-refractivity contribution < 1.29 is 14.6 Å². The Hall–Kier alpha value is -2.42. The van der Waals surface area contributed by atoms with Crippen LogP contribution in [0.5, 0.6) is 0 Å². The van der Waals surface area contributed by atoms with Crippen LogP contribution in [0.3, 0.4) is 0 Å². The molecule has 2 aromatic heterocycles. The Bertz CT molecular complexity index is 1070. The number of nitrogens with zero attached hydrogens (tertiary/aromatic N) is 3. The molecule has 3 saturated carbocycles. The molecule has 2 N–H and O–H groups in total. The molecular weight excluding hydrogens is 400 g/mol. The number of H-pyrrole nitrogens is 1. The Labute approximate surface area is 180 Å². The number of aromatic nitrogens is 4. The molecule has 0 amide bonds. The Morgan fingerprint density at radius 1 is 1.06 bits per heavy atom. The highest BCUT2D eigenvalue weighted by molar-refractivity contribution is 5.70. The zero-order chi connectivity index (χ0) is 22.2. The van der Waals surface area contributed by atoms with Crippen molar-refractivity contribution in [3.8, 4) is 0 Å². The van der Waals surface area contributed by atoms with Gasteiger partial charge in [-0.3, -0.25) is 18.7 Å². The molecule has 0 unspecified atom stereocenters. The first-order chi connectivity index (χ1) is 14.8. The molecule has 170 valence electrons. The van der Waals surface area contributed by atoms with Gasteiger partial charge in [-0.15, -0.1) is 0 Å². The molecule has 9 heteroatoms.